The molecule has 0 aromatic heterocycles. The third kappa shape index (κ3) is 10.7. The zero-order valence-electron chi connectivity index (χ0n) is 29.6. The van der Waals surface area contributed by atoms with Crippen LogP contribution in [0, 0.1) is 0 Å². The van der Waals surface area contributed by atoms with Gasteiger partial charge in [0, 0.05) is 12.0 Å². The van der Waals surface area contributed by atoms with Gasteiger partial charge in [0.1, 0.15) is 5.25 Å². The van der Waals surface area contributed by atoms with E-state index < -0.39 is 157 Å². The molecule has 0 aliphatic heterocycles. The molecule has 0 aromatic carbocycles. The van der Waals surface area contributed by atoms with Crippen LogP contribution in [0.1, 0.15) is 19.3 Å². The van der Waals surface area contributed by atoms with Crippen LogP contribution in [0.3, 0.4) is 0 Å². The minimum absolute atomic E-state index is 0. The molecule has 41 heteroatoms. The molecule has 0 amide bonds. The van der Waals surface area contributed by atoms with Crippen LogP contribution < -0.4 is 34.8 Å². The summed E-state index contributed by atoms with van der Waals surface area (Å²) in [6.07, 6.45) is -21.3. The van der Waals surface area contributed by atoms with Gasteiger partial charge in [0.05, 0.1) is 32.5 Å². The summed E-state index contributed by atoms with van der Waals surface area (Å²) in [4.78, 5) is 23.8. The van der Waals surface area contributed by atoms with Crippen molar-refractivity contribution >= 4 is 24.0 Å². The molecule has 7 nitrogen and oxygen atoms in total. The Labute approximate surface area is 361 Å². The third-order valence-corrected chi connectivity index (χ3v) is 8.32. The molecule has 0 radical (unpaired) electrons. The van der Waals surface area contributed by atoms with Gasteiger partial charge in [-0.25, -0.2) is 17.6 Å². The maximum absolute atomic E-state index is 14.0. The van der Waals surface area contributed by atoms with Gasteiger partial charge in [-0.05, 0) is 0 Å². The third-order valence-electron chi connectivity index (χ3n) is 7.60. The zero-order valence-corrected chi connectivity index (χ0v) is 32.4. The fourth-order valence-electron chi connectivity index (χ4n) is 3.75. The van der Waals surface area contributed by atoms with Crippen molar-refractivity contribution in [3.05, 3.63) is 0 Å². The van der Waals surface area contributed by atoms with Crippen molar-refractivity contribution in [1.82, 2.24) is 0 Å². The summed E-state index contributed by atoms with van der Waals surface area (Å²) in [5, 5.41) is 9.55. The molecule has 0 aromatic rings. The molecule has 0 heterocycles. The average Bonchev–Trinajstić information content (AvgIpc) is 3.11. The average molecular weight is 1080 g/mol. The molecule has 0 N–H and O–H groups in total. The smallest absolute Gasteiger partial charge is 0.691 e. The first-order valence-corrected chi connectivity index (χ1v) is 15.4. The number of hydrogen-bond donors (Lipinski definition) is 0. The zero-order chi connectivity index (χ0) is 52.0. The molecule has 0 rings (SSSR count). The summed E-state index contributed by atoms with van der Waals surface area (Å²) in [7, 11) is 0. The van der Waals surface area contributed by atoms with E-state index in [0.717, 1.165) is 0 Å². The maximum atomic E-state index is 14.0. The predicted octanol–water partition coefficient (Wildman–Crippen LogP) is 6.91. The second-order valence-electron chi connectivity index (χ2n) is 11.8. The number of carbonyl (C=O) groups excluding carboxylic acids is 2. The Morgan fingerprint density at radius 2 is 0.692 bits per heavy atom. The largest absolute Gasteiger partial charge is 1.00 e. The minimum Gasteiger partial charge on any atom is -0.691 e. The standard InChI is InChI=1S/C24H14F32O7S.Na/c25-9(26)13(33,34)17(41,42)21(49,50)23(53,54)19(45,46)15(37,38)11(29,30)1-3-60-7(57)5-6(64-63-62-59)8(58)61-4-2-12(31,32)16(39,40)20(47,48)24(55,56)22(51,52)18(43,44)14(35,36)10(27)28;/h6,9-10,59H,1-5H2;/q;+1/p-1. The van der Waals surface area contributed by atoms with Crippen molar-refractivity contribution in [2.75, 3.05) is 13.2 Å². The van der Waals surface area contributed by atoms with E-state index in [1.54, 1.807) is 0 Å². The number of alkyl halides is 32. The quantitative estimate of drug-likeness (QED) is 0.0231. The molecule has 0 saturated carbocycles. The number of esters is 2. The molecular formula is C24H13F32NaO7S. The van der Waals surface area contributed by atoms with Crippen LogP contribution in [0.2, 0.25) is 0 Å². The first kappa shape index (κ1) is 65.0. The number of carbonyl (C=O) groups is 2. The fraction of sp³-hybridized carbons (Fsp3) is 0.917. The van der Waals surface area contributed by atoms with Gasteiger partial charge in [-0.1, -0.05) is 0 Å². The van der Waals surface area contributed by atoms with Crippen LogP contribution >= 0.6 is 12.0 Å². The fourth-order valence-corrected chi connectivity index (χ4v) is 4.22. The van der Waals surface area contributed by atoms with E-state index in [9.17, 15) is 155 Å². The molecule has 0 aliphatic rings. The van der Waals surface area contributed by atoms with Crippen LogP contribution in [0.15, 0.2) is 0 Å². The Morgan fingerprint density at radius 3 is 0.969 bits per heavy atom. The van der Waals surface area contributed by atoms with Crippen LogP contribution in [-0.2, 0) is 28.4 Å². The number of rotatable bonds is 26. The monoisotopic (exact) mass is 1080 g/mol. The van der Waals surface area contributed by atoms with Crippen molar-refractivity contribution in [3.8, 4) is 0 Å². The van der Waals surface area contributed by atoms with Crippen molar-refractivity contribution in [2.45, 2.75) is 120 Å². The van der Waals surface area contributed by atoms with Gasteiger partial charge in [-0.2, -0.15) is 127 Å². The van der Waals surface area contributed by atoms with Crippen molar-refractivity contribution in [3.63, 3.8) is 0 Å². The van der Waals surface area contributed by atoms with E-state index in [1.165, 1.54) is 0 Å². The number of ether oxygens (including phenoxy) is 2. The second-order valence-corrected chi connectivity index (χ2v) is 12.7. The molecule has 382 valence electrons. The second kappa shape index (κ2) is 20.1. The Morgan fingerprint density at radius 1 is 0.431 bits per heavy atom. The number of hydrogen-bond acceptors (Lipinski definition) is 8. The molecule has 0 saturated heterocycles. The summed E-state index contributed by atoms with van der Waals surface area (Å²) in [6, 6.07) is 0. The molecule has 0 fully saturated rings. The van der Waals surface area contributed by atoms with E-state index in [2.05, 4.69) is 18.8 Å². The van der Waals surface area contributed by atoms with Gasteiger partial charge >= 0.3 is 137 Å². The van der Waals surface area contributed by atoms with Gasteiger partial charge in [-0.3, -0.25) is 14.6 Å². The molecule has 0 spiro atoms. The van der Waals surface area contributed by atoms with Gasteiger partial charge < -0.3 is 14.7 Å². The van der Waals surface area contributed by atoms with E-state index in [-0.39, 0.29) is 29.6 Å². The van der Waals surface area contributed by atoms with Gasteiger partial charge in [0.25, 0.3) is 0 Å². The van der Waals surface area contributed by atoms with E-state index >= 15 is 0 Å². The van der Waals surface area contributed by atoms with Gasteiger partial charge in [-0.15, -0.1) is 0 Å². The molecule has 0 bridgehead atoms. The minimum atomic E-state index is -8.85. The Hall–Kier alpha value is -2.07. The topological polar surface area (TPSA) is 94.1 Å². The van der Waals surface area contributed by atoms with Crippen LogP contribution in [0.25, 0.3) is 0 Å². The van der Waals surface area contributed by atoms with Crippen molar-refractivity contribution in [2.24, 2.45) is 0 Å². The van der Waals surface area contributed by atoms with Crippen LogP contribution in [-0.4, -0.2) is 126 Å². The molecule has 65 heavy (non-hydrogen) atoms. The maximum Gasteiger partial charge on any atom is 1.00 e. The first-order valence-electron chi connectivity index (χ1n) is 14.6. The van der Waals surface area contributed by atoms with Crippen LogP contribution in [0.5, 0.6) is 0 Å². The Balaban J connectivity index is 0. The summed E-state index contributed by atoms with van der Waals surface area (Å²) in [5.41, 5.74) is 0. The molecular weight excluding hydrogens is 1060 g/mol. The first-order chi connectivity index (χ1) is 27.8. The summed E-state index contributed by atoms with van der Waals surface area (Å²) in [6.45, 7) is -5.39. The van der Waals surface area contributed by atoms with Gasteiger partial charge in [0.15, 0.2) is 0 Å². The van der Waals surface area contributed by atoms with E-state index in [1.807, 2.05) is 0 Å². The van der Waals surface area contributed by atoms with Gasteiger partial charge in [0.2, 0.25) is 0 Å². The van der Waals surface area contributed by atoms with Crippen molar-refractivity contribution in [1.29, 1.82) is 0 Å². The summed E-state index contributed by atoms with van der Waals surface area (Å²) in [5.74, 6) is -121. The van der Waals surface area contributed by atoms with Crippen LogP contribution in [0.4, 0.5) is 140 Å². The summed E-state index contributed by atoms with van der Waals surface area (Å²) >= 11 is -1.02. The number of halogens is 32. The summed E-state index contributed by atoms with van der Waals surface area (Å²) < 4.78 is 440. The molecule has 1 atom stereocenters. The van der Waals surface area contributed by atoms with E-state index in [0.29, 0.717) is 0 Å². The van der Waals surface area contributed by atoms with Crippen molar-refractivity contribution < 1.29 is 204 Å². The Kier molecular flexibility index (Phi) is 20.1. The SMILES string of the molecule is O=C(CC(SOO[O-])C(=O)OCCC(F)(F)C(F)(F)C(F)(F)C(F)(F)C(F)(F)C(F)(F)C(F)(F)C(F)F)OCCC(F)(F)C(F)(F)C(F)(F)C(F)(F)C(F)(F)C(F)(F)C(F)(F)C(F)F.[Na+]. The normalized spacial score (nSPS) is 15.9. The molecule has 0 aliphatic carbocycles. The molecule has 1 unspecified atom stereocenters. The Bertz CT molecular complexity index is 1610. The predicted molar refractivity (Wildman–Crippen MR) is 131 cm³/mol. The van der Waals surface area contributed by atoms with E-state index in [4.69, 9.17) is 0 Å².